The van der Waals surface area contributed by atoms with Gasteiger partial charge < -0.3 is 14.8 Å². The Morgan fingerprint density at radius 3 is 2.54 bits per heavy atom. The highest BCUT2D eigenvalue weighted by Crippen LogP contribution is 2.42. The number of nitrogens with zero attached hydrogens (tertiary/aromatic N) is 4. The van der Waals surface area contributed by atoms with Crippen molar-refractivity contribution < 1.29 is 9.59 Å². The zero-order valence-electron chi connectivity index (χ0n) is 20.4. The normalized spacial score (nSPS) is 17.9. The molecule has 0 radical (unpaired) electrons. The summed E-state index contributed by atoms with van der Waals surface area (Å²) in [6.07, 6.45) is 9.83. The summed E-state index contributed by atoms with van der Waals surface area (Å²) in [5.41, 5.74) is 7.05. The Bertz CT molecular complexity index is 1330. The van der Waals surface area contributed by atoms with Crippen LogP contribution in [0.3, 0.4) is 0 Å². The molecule has 1 atom stereocenters. The molecule has 2 aromatic heterocycles. The van der Waals surface area contributed by atoms with E-state index in [-0.39, 0.29) is 11.8 Å². The standard InChI is InChI=1S/C28H31N5O2/c1-4-23(34)31-22-13-11-20(12-14-22)26-25(24-18(2)29-17-30-27(24)32(26)3)19-7-9-21(10-8-19)28(35)33-15-5-6-16-33/h4,7,11-14,17,21H,1,5-6,8-10,15-16H2,2-3H3,(H,31,34)/t21-/m0/s1. The van der Waals surface area contributed by atoms with Crippen LogP contribution in [0.15, 0.2) is 49.3 Å². The zero-order valence-corrected chi connectivity index (χ0v) is 20.4. The molecule has 180 valence electrons. The molecule has 1 saturated heterocycles. The van der Waals surface area contributed by atoms with E-state index in [1.807, 2.05) is 43.1 Å². The van der Waals surface area contributed by atoms with Crippen molar-refractivity contribution in [2.75, 3.05) is 18.4 Å². The molecule has 0 unspecified atom stereocenters. The van der Waals surface area contributed by atoms with Crippen molar-refractivity contribution in [1.82, 2.24) is 19.4 Å². The highest BCUT2D eigenvalue weighted by atomic mass is 16.2. The van der Waals surface area contributed by atoms with Gasteiger partial charge in [-0.3, -0.25) is 9.59 Å². The number of anilines is 1. The average Bonchev–Trinajstić information content (AvgIpc) is 3.52. The van der Waals surface area contributed by atoms with Crippen molar-refractivity contribution in [3.8, 4) is 11.3 Å². The van der Waals surface area contributed by atoms with Crippen molar-refractivity contribution in [3.63, 3.8) is 0 Å². The summed E-state index contributed by atoms with van der Waals surface area (Å²) in [6, 6.07) is 7.83. The third kappa shape index (κ3) is 4.27. The molecular formula is C28H31N5O2. The van der Waals surface area contributed by atoms with Gasteiger partial charge in [0.05, 0.1) is 11.4 Å². The number of aryl methyl sites for hydroxylation is 2. The van der Waals surface area contributed by atoms with E-state index in [4.69, 9.17) is 0 Å². The Morgan fingerprint density at radius 1 is 1.14 bits per heavy atom. The van der Waals surface area contributed by atoms with Gasteiger partial charge in [-0.05, 0) is 68.4 Å². The van der Waals surface area contributed by atoms with E-state index in [9.17, 15) is 9.59 Å². The smallest absolute Gasteiger partial charge is 0.247 e. The molecule has 5 rings (SSSR count). The van der Waals surface area contributed by atoms with Crippen molar-refractivity contribution in [1.29, 1.82) is 0 Å². The first-order valence-corrected chi connectivity index (χ1v) is 12.3. The lowest BCUT2D eigenvalue weighted by Gasteiger charge is -2.26. The van der Waals surface area contributed by atoms with Crippen molar-refractivity contribution >= 4 is 34.1 Å². The van der Waals surface area contributed by atoms with Crippen LogP contribution in [0, 0.1) is 12.8 Å². The van der Waals surface area contributed by atoms with E-state index in [1.54, 1.807) is 6.33 Å². The first-order valence-electron chi connectivity index (χ1n) is 12.3. The van der Waals surface area contributed by atoms with Gasteiger partial charge in [0.2, 0.25) is 11.8 Å². The fourth-order valence-corrected chi connectivity index (χ4v) is 5.44. The quantitative estimate of drug-likeness (QED) is 0.541. The minimum Gasteiger partial charge on any atom is -0.342 e. The van der Waals surface area contributed by atoms with Gasteiger partial charge in [0.1, 0.15) is 12.0 Å². The summed E-state index contributed by atoms with van der Waals surface area (Å²) in [7, 11) is 2.03. The van der Waals surface area contributed by atoms with E-state index >= 15 is 0 Å². The van der Waals surface area contributed by atoms with Crippen molar-refractivity contribution in [2.24, 2.45) is 13.0 Å². The summed E-state index contributed by atoms with van der Waals surface area (Å²) >= 11 is 0. The number of amides is 2. The van der Waals surface area contributed by atoms with Crippen LogP contribution in [0.2, 0.25) is 0 Å². The Morgan fingerprint density at radius 2 is 1.89 bits per heavy atom. The second kappa shape index (κ2) is 9.49. The lowest BCUT2D eigenvalue weighted by atomic mass is 9.84. The minimum atomic E-state index is -0.237. The maximum atomic E-state index is 13.0. The van der Waals surface area contributed by atoms with Crippen LogP contribution in [-0.2, 0) is 16.6 Å². The van der Waals surface area contributed by atoms with Gasteiger partial charge in [0.15, 0.2) is 0 Å². The third-order valence-electron chi connectivity index (χ3n) is 7.27. The molecule has 1 aliphatic heterocycles. The predicted molar refractivity (Wildman–Crippen MR) is 139 cm³/mol. The lowest BCUT2D eigenvalue weighted by Crippen LogP contribution is -2.34. The van der Waals surface area contributed by atoms with E-state index in [1.165, 1.54) is 11.6 Å². The molecule has 7 heteroatoms. The molecule has 0 spiro atoms. The number of benzene rings is 1. The van der Waals surface area contributed by atoms with E-state index in [0.717, 1.165) is 84.4 Å². The maximum Gasteiger partial charge on any atom is 0.247 e. The molecule has 35 heavy (non-hydrogen) atoms. The maximum absolute atomic E-state index is 13.0. The number of aromatic nitrogens is 3. The van der Waals surface area contributed by atoms with Crippen molar-refractivity contribution in [3.05, 3.63) is 60.6 Å². The molecule has 1 fully saturated rings. The topological polar surface area (TPSA) is 80.1 Å². The van der Waals surface area contributed by atoms with Crippen LogP contribution in [0.4, 0.5) is 5.69 Å². The summed E-state index contributed by atoms with van der Waals surface area (Å²) < 4.78 is 2.12. The lowest BCUT2D eigenvalue weighted by molar-refractivity contribution is -0.134. The van der Waals surface area contributed by atoms with Crippen LogP contribution < -0.4 is 5.32 Å². The average molecular weight is 470 g/mol. The Kier molecular flexibility index (Phi) is 6.24. The third-order valence-corrected chi connectivity index (χ3v) is 7.27. The zero-order chi connectivity index (χ0) is 24.5. The van der Waals surface area contributed by atoms with E-state index in [0.29, 0.717) is 5.91 Å². The SMILES string of the molecule is C=CC(=O)Nc1ccc(-c2c(C3=CC[C@H](C(=O)N4CCCC4)CC3)c3c(C)ncnc3n2C)cc1. The number of hydrogen-bond acceptors (Lipinski definition) is 4. The van der Waals surface area contributed by atoms with Gasteiger partial charge >= 0.3 is 0 Å². The molecule has 7 nitrogen and oxygen atoms in total. The van der Waals surface area contributed by atoms with Crippen LogP contribution >= 0.6 is 0 Å². The van der Waals surface area contributed by atoms with Crippen molar-refractivity contribution in [2.45, 2.75) is 39.0 Å². The largest absolute Gasteiger partial charge is 0.342 e. The number of nitrogens with one attached hydrogen (secondary N) is 1. The van der Waals surface area contributed by atoms with Gasteiger partial charge in [-0.15, -0.1) is 0 Å². The number of fused-ring (bicyclic) bond motifs is 1. The summed E-state index contributed by atoms with van der Waals surface area (Å²) in [4.78, 5) is 35.8. The van der Waals surface area contributed by atoms with E-state index < -0.39 is 0 Å². The Hall–Kier alpha value is -3.74. The molecule has 3 aromatic rings. The highest BCUT2D eigenvalue weighted by Gasteiger charge is 2.30. The number of rotatable bonds is 5. The van der Waals surface area contributed by atoms with Gasteiger partial charge in [0.25, 0.3) is 0 Å². The summed E-state index contributed by atoms with van der Waals surface area (Å²) in [5, 5.41) is 3.86. The molecular weight excluding hydrogens is 438 g/mol. The first kappa shape index (κ1) is 23.0. The first-order chi connectivity index (χ1) is 17.0. The van der Waals surface area contributed by atoms with Crippen LogP contribution in [0.1, 0.15) is 43.4 Å². The second-order valence-corrected chi connectivity index (χ2v) is 9.44. The number of likely N-dealkylation sites (tertiary alicyclic amines) is 1. The summed E-state index contributed by atoms with van der Waals surface area (Å²) in [5.74, 6) is 0.146. The van der Waals surface area contributed by atoms with Gasteiger partial charge in [-0.1, -0.05) is 24.8 Å². The number of carbonyl (C=O) groups is 2. The van der Waals surface area contributed by atoms with Crippen LogP contribution in [-0.4, -0.2) is 44.3 Å². The second-order valence-electron chi connectivity index (χ2n) is 9.44. The fourth-order valence-electron chi connectivity index (χ4n) is 5.44. The summed E-state index contributed by atoms with van der Waals surface area (Å²) in [6.45, 7) is 7.34. The number of carbonyl (C=O) groups excluding carboxylic acids is 2. The van der Waals surface area contributed by atoms with Gasteiger partial charge in [-0.25, -0.2) is 9.97 Å². The molecule has 2 amide bonds. The Labute approximate surface area is 205 Å². The highest BCUT2D eigenvalue weighted by molar-refractivity contribution is 6.02. The predicted octanol–water partition coefficient (Wildman–Crippen LogP) is 4.87. The fraction of sp³-hybridized carbons (Fsp3) is 0.357. The molecule has 0 bridgehead atoms. The molecule has 1 N–H and O–H groups in total. The number of hydrogen-bond donors (Lipinski definition) is 1. The molecule has 2 aliphatic rings. The molecule has 0 saturated carbocycles. The molecule has 1 aromatic carbocycles. The molecule has 3 heterocycles. The van der Waals surface area contributed by atoms with Crippen LogP contribution in [0.25, 0.3) is 27.9 Å². The Balaban J connectivity index is 1.54. The van der Waals surface area contributed by atoms with Gasteiger partial charge in [-0.2, -0.15) is 0 Å². The van der Waals surface area contributed by atoms with Crippen LogP contribution in [0.5, 0.6) is 0 Å². The number of allylic oxidation sites excluding steroid dienone is 2. The molecule has 1 aliphatic carbocycles. The van der Waals surface area contributed by atoms with E-state index in [2.05, 4.69) is 32.5 Å². The monoisotopic (exact) mass is 469 g/mol. The van der Waals surface area contributed by atoms with Gasteiger partial charge in [0, 0.05) is 42.7 Å². The minimum absolute atomic E-state index is 0.0698.